The van der Waals surface area contributed by atoms with Gasteiger partial charge >= 0.3 is 0 Å². The normalized spacial score (nSPS) is 19.5. The monoisotopic (exact) mass is 241 g/mol. The number of carbonyl (C=O) groups is 1. The summed E-state index contributed by atoms with van der Waals surface area (Å²) in [5, 5.41) is 2.95. The molecular formula is C13H27N3O. The van der Waals surface area contributed by atoms with E-state index in [-0.39, 0.29) is 11.9 Å². The van der Waals surface area contributed by atoms with Crippen LogP contribution in [0.25, 0.3) is 0 Å². The molecule has 17 heavy (non-hydrogen) atoms. The highest BCUT2D eigenvalue weighted by atomic mass is 16.2. The van der Waals surface area contributed by atoms with Gasteiger partial charge in [-0.15, -0.1) is 0 Å². The molecule has 4 heteroatoms. The van der Waals surface area contributed by atoms with E-state index in [0.717, 1.165) is 12.5 Å². The molecule has 0 saturated heterocycles. The van der Waals surface area contributed by atoms with Gasteiger partial charge in [0.15, 0.2) is 0 Å². The Morgan fingerprint density at radius 2 is 2.00 bits per heavy atom. The molecule has 1 aliphatic rings. The summed E-state index contributed by atoms with van der Waals surface area (Å²) < 4.78 is 0. The molecule has 0 aliphatic heterocycles. The molecule has 1 amide bonds. The van der Waals surface area contributed by atoms with Gasteiger partial charge in [0.05, 0.1) is 6.04 Å². The van der Waals surface area contributed by atoms with Crippen molar-refractivity contribution in [2.75, 3.05) is 13.6 Å². The number of nitrogens with zero attached hydrogens (tertiary/aromatic N) is 1. The topological polar surface area (TPSA) is 58.4 Å². The van der Waals surface area contributed by atoms with Crippen LogP contribution in [0.4, 0.5) is 0 Å². The van der Waals surface area contributed by atoms with Crippen LogP contribution in [0.3, 0.4) is 0 Å². The van der Waals surface area contributed by atoms with Gasteiger partial charge in [-0.05, 0) is 39.2 Å². The van der Waals surface area contributed by atoms with Gasteiger partial charge in [0.1, 0.15) is 0 Å². The van der Waals surface area contributed by atoms with Crippen molar-refractivity contribution in [2.24, 2.45) is 11.7 Å². The van der Waals surface area contributed by atoms with Crippen LogP contribution in [-0.4, -0.2) is 42.5 Å². The Bertz CT molecular complexity index is 251. The lowest BCUT2D eigenvalue weighted by Gasteiger charge is -2.25. The molecule has 0 spiro atoms. The molecule has 0 bridgehead atoms. The molecule has 0 aromatic carbocycles. The molecule has 100 valence electrons. The van der Waals surface area contributed by atoms with Gasteiger partial charge in [-0.25, -0.2) is 0 Å². The highest BCUT2D eigenvalue weighted by Gasteiger charge is 2.29. The lowest BCUT2D eigenvalue weighted by atomic mass is 10.0. The molecule has 0 aromatic heterocycles. The minimum atomic E-state index is -0.367. The fourth-order valence-electron chi connectivity index (χ4n) is 1.98. The quantitative estimate of drug-likeness (QED) is 0.698. The summed E-state index contributed by atoms with van der Waals surface area (Å²) in [5.41, 5.74) is 5.83. The van der Waals surface area contributed by atoms with Gasteiger partial charge in [-0.3, -0.25) is 9.69 Å². The highest BCUT2D eigenvalue weighted by molar-refractivity contribution is 5.81. The van der Waals surface area contributed by atoms with E-state index in [1.165, 1.54) is 12.8 Å². The zero-order valence-corrected chi connectivity index (χ0v) is 11.6. The van der Waals surface area contributed by atoms with Crippen LogP contribution in [-0.2, 0) is 4.79 Å². The second-order valence-electron chi connectivity index (χ2n) is 5.73. The van der Waals surface area contributed by atoms with Crippen molar-refractivity contribution in [1.82, 2.24) is 10.2 Å². The number of amides is 1. The predicted molar refractivity (Wildman–Crippen MR) is 70.7 cm³/mol. The standard InChI is InChI=1S/C13H27N3O/c1-9(2)7-12(14)13(17)15-8-10(3)16(4)11-5-6-11/h9-12H,5-8,14H2,1-4H3,(H,15,17)/t10?,12-/m1/s1. The zero-order chi connectivity index (χ0) is 13.0. The molecule has 1 aliphatic carbocycles. The first-order valence-corrected chi connectivity index (χ1v) is 6.67. The van der Waals surface area contributed by atoms with Crippen molar-refractivity contribution in [3.8, 4) is 0 Å². The maximum atomic E-state index is 11.7. The van der Waals surface area contributed by atoms with E-state index in [4.69, 9.17) is 5.73 Å². The van der Waals surface area contributed by atoms with Crippen LogP contribution >= 0.6 is 0 Å². The number of carbonyl (C=O) groups excluding carboxylic acids is 1. The van der Waals surface area contributed by atoms with Crippen molar-refractivity contribution >= 4 is 5.91 Å². The van der Waals surface area contributed by atoms with E-state index < -0.39 is 0 Å². The summed E-state index contributed by atoms with van der Waals surface area (Å²) in [5.74, 6) is 0.442. The van der Waals surface area contributed by atoms with E-state index in [9.17, 15) is 4.79 Å². The van der Waals surface area contributed by atoms with Crippen molar-refractivity contribution in [3.63, 3.8) is 0 Å². The molecule has 0 heterocycles. The fourth-order valence-corrected chi connectivity index (χ4v) is 1.98. The van der Waals surface area contributed by atoms with E-state index in [0.29, 0.717) is 18.5 Å². The Hall–Kier alpha value is -0.610. The number of likely N-dealkylation sites (N-methyl/N-ethyl adjacent to an activating group) is 1. The predicted octanol–water partition coefficient (Wildman–Crippen LogP) is 0.959. The van der Waals surface area contributed by atoms with Gasteiger partial charge in [0, 0.05) is 18.6 Å². The van der Waals surface area contributed by atoms with E-state index in [1.54, 1.807) is 0 Å². The molecule has 4 nitrogen and oxygen atoms in total. The van der Waals surface area contributed by atoms with Gasteiger partial charge in [-0.1, -0.05) is 13.8 Å². The van der Waals surface area contributed by atoms with Gasteiger partial charge in [-0.2, -0.15) is 0 Å². The third-order valence-corrected chi connectivity index (χ3v) is 3.45. The maximum Gasteiger partial charge on any atom is 0.236 e. The summed E-state index contributed by atoms with van der Waals surface area (Å²) in [6, 6.07) is 0.748. The fraction of sp³-hybridized carbons (Fsp3) is 0.923. The molecule has 1 unspecified atom stereocenters. The Morgan fingerprint density at radius 1 is 1.41 bits per heavy atom. The molecule has 2 atom stereocenters. The summed E-state index contributed by atoms with van der Waals surface area (Å²) in [6.45, 7) is 7.00. The minimum absolute atomic E-state index is 0.0188. The zero-order valence-electron chi connectivity index (χ0n) is 11.6. The van der Waals surface area contributed by atoms with E-state index >= 15 is 0 Å². The van der Waals surface area contributed by atoms with Crippen molar-refractivity contribution in [1.29, 1.82) is 0 Å². The van der Waals surface area contributed by atoms with Gasteiger partial charge in [0.25, 0.3) is 0 Å². The number of hydrogen-bond acceptors (Lipinski definition) is 3. The van der Waals surface area contributed by atoms with Crippen molar-refractivity contribution < 1.29 is 4.79 Å². The molecular weight excluding hydrogens is 214 g/mol. The number of rotatable bonds is 7. The number of nitrogens with one attached hydrogen (secondary N) is 1. The first kappa shape index (κ1) is 14.5. The molecule has 3 N–H and O–H groups in total. The third-order valence-electron chi connectivity index (χ3n) is 3.45. The second kappa shape index (κ2) is 6.36. The summed E-state index contributed by atoms with van der Waals surface area (Å²) >= 11 is 0. The summed E-state index contributed by atoms with van der Waals surface area (Å²) in [6.07, 6.45) is 3.34. The Balaban J connectivity index is 2.22. The van der Waals surface area contributed by atoms with Gasteiger partial charge in [0.2, 0.25) is 5.91 Å². The number of hydrogen-bond donors (Lipinski definition) is 2. The molecule has 0 aromatic rings. The van der Waals surface area contributed by atoms with Crippen LogP contribution in [0.15, 0.2) is 0 Å². The SMILES string of the molecule is CC(C)C[C@@H](N)C(=O)NCC(C)N(C)C1CC1. The van der Waals surface area contributed by atoms with Gasteiger partial charge < -0.3 is 11.1 Å². The molecule has 0 radical (unpaired) electrons. The largest absolute Gasteiger partial charge is 0.353 e. The van der Waals surface area contributed by atoms with Crippen LogP contribution in [0.5, 0.6) is 0 Å². The van der Waals surface area contributed by atoms with Crippen LogP contribution in [0.1, 0.15) is 40.0 Å². The number of nitrogens with two attached hydrogens (primary N) is 1. The maximum absolute atomic E-state index is 11.7. The molecule has 1 saturated carbocycles. The Labute approximate surface area is 105 Å². The third kappa shape index (κ3) is 5.04. The van der Waals surface area contributed by atoms with Crippen LogP contribution in [0, 0.1) is 5.92 Å². The summed E-state index contributed by atoms with van der Waals surface area (Å²) in [7, 11) is 2.13. The van der Waals surface area contributed by atoms with Crippen LogP contribution in [0.2, 0.25) is 0 Å². The first-order valence-electron chi connectivity index (χ1n) is 6.67. The first-order chi connectivity index (χ1) is 7.91. The van der Waals surface area contributed by atoms with E-state index in [1.807, 2.05) is 0 Å². The minimum Gasteiger partial charge on any atom is -0.353 e. The lowest BCUT2D eigenvalue weighted by Crippen LogP contribution is -2.47. The molecule has 1 fully saturated rings. The Kier molecular flexibility index (Phi) is 5.40. The second-order valence-corrected chi connectivity index (χ2v) is 5.73. The highest BCUT2D eigenvalue weighted by Crippen LogP contribution is 2.26. The van der Waals surface area contributed by atoms with Crippen molar-refractivity contribution in [2.45, 2.75) is 58.2 Å². The lowest BCUT2D eigenvalue weighted by molar-refractivity contribution is -0.122. The average molecular weight is 241 g/mol. The smallest absolute Gasteiger partial charge is 0.236 e. The van der Waals surface area contributed by atoms with Crippen molar-refractivity contribution in [3.05, 3.63) is 0 Å². The summed E-state index contributed by atoms with van der Waals surface area (Å²) in [4.78, 5) is 14.1. The molecule has 1 rings (SSSR count). The Morgan fingerprint density at radius 3 is 2.47 bits per heavy atom. The van der Waals surface area contributed by atoms with Crippen LogP contribution < -0.4 is 11.1 Å². The van der Waals surface area contributed by atoms with E-state index in [2.05, 4.69) is 38.0 Å². The average Bonchev–Trinajstić information content (AvgIpc) is 3.06.